The Bertz CT molecular complexity index is 1150. The average molecular weight is 464 g/mol. The van der Waals surface area contributed by atoms with Gasteiger partial charge in [0.25, 0.3) is 5.56 Å². The number of alkyl halides is 2. The van der Waals surface area contributed by atoms with Crippen molar-refractivity contribution in [1.29, 1.82) is 0 Å². The number of nitrogens with zero attached hydrogens (tertiary/aromatic N) is 2. The largest absolute Gasteiger partial charge is 0.465 e. The van der Waals surface area contributed by atoms with Gasteiger partial charge in [-0.2, -0.15) is 8.78 Å². The third-order valence-corrected chi connectivity index (χ3v) is 5.61. The van der Waals surface area contributed by atoms with E-state index in [-0.39, 0.29) is 16.9 Å². The lowest BCUT2D eigenvalue weighted by Crippen LogP contribution is -2.24. The zero-order chi connectivity index (χ0) is 23.1. The standard InChI is InChI=1S/C22H22F2N2O5S/c1-29-10-4-9-26-19(27)17-8-7-15(20(28)30-2)12-18(17)25-22(26)32-13-14-5-3-6-16(11-14)31-21(23)24/h3,5-8,11-12,21H,4,9-10,13H2,1-2H3. The normalized spacial score (nSPS) is 11.2. The average Bonchev–Trinajstić information content (AvgIpc) is 2.78. The van der Waals surface area contributed by atoms with Crippen LogP contribution in [0.3, 0.4) is 0 Å². The maximum atomic E-state index is 13.1. The first-order valence-electron chi connectivity index (χ1n) is 9.71. The van der Waals surface area contributed by atoms with Crippen molar-refractivity contribution in [1.82, 2.24) is 9.55 Å². The molecule has 2 aromatic carbocycles. The van der Waals surface area contributed by atoms with Crippen molar-refractivity contribution < 1.29 is 27.8 Å². The molecule has 0 unspecified atom stereocenters. The molecule has 0 saturated carbocycles. The first-order valence-corrected chi connectivity index (χ1v) is 10.7. The molecule has 0 aliphatic heterocycles. The minimum absolute atomic E-state index is 0.0600. The van der Waals surface area contributed by atoms with E-state index >= 15 is 0 Å². The number of rotatable bonds is 10. The number of methoxy groups -OCH3 is 2. The molecule has 0 spiro atoms. The van der Waals surface area contributed by atoms with Crippen LogP contribution in [0, 0.1) is 0 Å². The van der Waals surface area contributed by atoms with Gasteiger partial charge in [-0.15, -0.1) is 0 Å². The molecule has 0 atom stereocenters. The second kappa shape index (κ2) is 11.1. The van der Waals surface area contributed by atoms with Crippen LogP contribution in [0.15, 0.2) is 52.4 Å². The molecule has 3 aromatic rings. The van der Waals surface area contributed by atoms with Gasteiger partial charge in [0.2, 0.25) is 0 Å². The number of halogens is 2. The minimum Gasteiger partial charge on any atom is -0.465 e. The van der Waals surface area contributed by atoms with Gasteiger partial charge in [-0.1, -0.05) is 23.9 Å². The number of ether oxygens (including phenoxy) is 3. The Labute approximate surface area is 187 Å². The van der Waals surface area contributed by atoms with E-state index in [1.54, 1.807) is 29.9 Å². The van der Waals surface area contributed by atoms with E-state index in [1.165, 1.54) is 43.1 Å². The molecule has 0 N–H and O–H groups in total. The Balaban J connectivity index is 1.95. The molecule has 0 bridgehead atoms. The molecule has 1 aromatic heterocycles. The number of esters is 1. The Morgan fingerprint density at radius 2 is 2.00 bits per heavy atom. The molecule has 0 saturated heterocycles. The van der Waals surface area contributed by atoms with Crippen molar-refractivity contribution in [2.24, 2.45) is 0 Å². The molecule has 0 aliphatic carbocycles. The topological polar surface area (TPSA) is 79.7 Å². The predicted octanol–water partition coefficient (Wildman–Crippen LogP) is 4.11. The number of fused-ring (bicyclic) bond motifs is 1. The van der Waals surface area contributed by atoms with E-state index < -0.39 is 12.6 Å². The van der Waals surface area contributed by atoms with Crippen molar-refractivity contribution in [3.8, 4) is 5.75 Å². The van der Waals surface area contributed by atoms with Crippen LogP contribution >= 0.6 is 11.8 Å². The predicted molar refractivity (Wildman–Crippen MR) is 116 cm³/mol. The molecule has 32 heavy (non-hydrogen) atoms. The summed E-state index contributed by atoms with van der Waals surface area (Å²) < 4.78 is 40.8. The summed E-state index contributed by atoms with van der Waals surface area (Å²) in [7, 11) is 2.86. The van der Waals surface area contributed by atoms with Gasteiger partial charge in [-0.3, -0.25) is 9.36 Å². The lowest BCUT2D eigenvalue weighted by Gasteiger charge is -2.14. The number of carbonyl (C=O) groups excluding carboxylic acids is 1. The summed E-state index contributed by atoms with van der Waals surface area (Å²) in [5.41, 5.74) is 1.16. The summed E-state index contributed by atoms with van der Waals surface area (Å²) in [6.45, 7) is -2.04. The monoisotopic (exact) mass is 464 g/mol. The van der Waals surface area contributed by atoms with Crippen LogP contribution in [0.5, 0.6) is 5.75 Å². The van der Waals surface area contributed by atoms with Gasteiger partial charge in [-0.25, -0.2) is 9.78 Å². The lowest BCUT2D eigenvalue weighted by atomic mass is 10.1. The van der Waals surface area contributed by atoms with Crippen molar-refractivity contribution in [2.45, 2.75) is 30.5 Å². The number of hydrogen-bond acceptors (Lipinski definition) is 7. The highest BCUT2D eigenvalue weighted by atomic mass is 32.2. The number of aromatic nitrogens is 2. The molecule has 1 heterocycles. The maximum Gasteiger partial charge on any atom is 0.387 e. The molecule has 7 nitrogen and oxygen atoms in total. The van der Waals surface area contributed by atoms with E-state index in [1.807, 2.05) is 0 Å². The van der Waals surface area contributed by atoms with Crippen LogP contribution in [-0.2, 0) is 21.8 Å². The van der Waals surface area contributed by atoms with Gasteiger partial charge in [0.15, 0.2) is 5.16 Å². The third kappa shape index (κ3) is 5.83. The lowest BCUT2D eigenvalue weighted by molar-refractivity contribution is -0.0498. The first-order chi connectivity index (χ1) is 15.4. The molecule has 0 radical (unpaired) electrons. The Kier molecular flexibility index (Phi) is 8.18. The molecule has 0 fully saturated rings. The van der Waals surface area contributed by atoms with Gasteiger partial charge in [-0.05, 0) is 42.3 Å². The summed E-state index contributed by atoms with van der Waals surface area (Å²) >= 11 is 1.29. The molecular weight excluding hydrogens is 442 g/mol. The zero-order valence-electron chi connectivity index (χ0n) is 17.5. The van der Waals surface area contributed by atoms with E-state index in [0.29, 0.717) is 41.4 Å². The summed E-state index contributed by atoms with van der Waals surface area (Å²) in [5.74, 6) is -0.0906. The SMILES string of the molecule is COCCCn1c(SCc2cccc(OC(F)F)c2)nc2cc(C(=O)OC)ccc2c1=O. The van der Waals surface area contributed by atoms with Crippen molar-refractivity contribution in [2.75, 3.05) is 20.8 Å². The molecule has 0 amide bonds. The Morgan fingerprint density at radius 3 is 2.72 bits per heavy atom. The fraction of sp³-hybridized carbons (Fsp3) is 0.318. The number of thioether (sulfide) groups is 1. The van der Waals surface area contributed by atoms with Crippen LogP contribution in [0.1, 0.15) is 22.3 Å². The number of carbonyl (C=O) groups is 1. The highest BCUT2D eigenvalue weighted by Gasteiger charge is 2.15. The van der Waals surface area contributed by atoms with Crippen LogP contribution in [-0.4, -0.2) is 43.0 Å². The summed E-state index contributed by atoms with van der Waals surface area (Å²) in [6, 6.07) is 11.0. The van der Waals surface area contributed by atoms with Crippen LogP contribution in [0.2, 0.25) is 0 Å². The van der Waals surface area contributed by atoms with E-state index in [4.69, 9.17) is 9.47 Å². The quantitative estimate of drug-likeness (QED) is 0.193. The third-order valence-electron chi connectivity index (χ3n) is 4.56. The number of benzene rings is 2. The van der Waals surface area contributed by atoms with Crippen molar-refractivity contribution in [3.63, 3.8) is 0 Å². The van der Waals surface area contributed by atoms with Gasteiger partial charge in [0, 0.05) is 26.0 Å². The first kappa shape index (κ1) is 23.7. The maximum absolute atomic E-state index is 13.1. The van der Waals surface area contributed by atoms with Crippen LogP contribution in [0.4, 0.5) is 8.78 Å². The zero-order valence-corrected chi connectivity index (χ0v) is 18.4. The Morgan fingerprint density at radius 1 is 1.19 bits per heavy atom. The molecule has 0 aliphatic rings. The van der Waals surface area contributed by atoms with Gasteiger partial charge >= 0.3 is 12.6 Å². The minimum atomic E-state index is -2.91. The fourth-order valence-corrected chi connectivity index (χ4v) is 4.05. The summed E-state index contributed by atoms with van der Waals surface area (Å²) in [6.07, 6.45) is 0.606. The van der Waals surface area contributed by atoms with E-state index in [0.717, 1.165) is 5.56 Å². The molecule has 10 heteroatoms. The smallest absolute Gasteiger partial charge is 0.387 e. The van der Waals surface area contributed by atoms with Crippen LogP contribution < -0.4 is 10.3 Å². The summed E-state index contributed by atoms with van der Waals surface area (Å²) in [4.78, 5) is 29.6. The Hall–Kier alpha value is -2.98. The van der Waals surface area contributed by atoms with Crippen LogP contribution in [0.25, 0.3) is 10.9 Å². The summed E-state index contributed by atoms with van der Waals surface area (Å²) in [5, 5.41) is 0.826. The van der Waals surface area contributed by atoms with Crippen molar-refractivity contribution in [3.05, 3.63) is 63.9 Å². The molecule has 3 rings (SSSR count). The highest BCUT2D eigenvalue weighted by Crippen LogP contribution is 2.25. The van der Waals surface area contributed by atoms with E-state index in [2.05, 4.69) is 9.72 Å². The van der Waals surface area contributed by atoms with Crippen molar-refractivity contribution >= 4 is 28.6 Å². The van der Waals surface area contributed by atoms with E-state index in [9.17, 15) is 18.4 Å². The second-order valence-corrected chi connectivity index (χ2v) is 7.68. The second-order valence-electron chi connectivity index (χ2n) is 6.74. The molecular formula is C22H22F2N2O5S. The van der Waals surface area contributed by atoms with Gasteiger partial charge < -0.3 is 14.2 Å². The van der Waals surface area contributed by atoms with Gasteiger partial charge in [0.05, 0.1) is 23.6 Å². The van der Waals surface area contributed by atoms with Gasteiger partial charge in [0.1, 0.15) is 5.75 Å². The number of hydrogen-bond donors (Lipinski definition) is 0. The highest BCUT2D eigenvalue weighted by molar-refractivity contribution is 7.98. The molecule has 170 valence electrons. The fourth-order valence-electron chi connectivity index (χ4n) is 3.08.